The smallest absolute Gasteiger partial charge is 0.243 e. The lowest BCUT2D eigenvalue weighted by Crippen LogP contribution is -2.29. The van der Waals surface area contributed by atoms with Crippen LogP contribution in [-0.4, -0.2) is 25.5 Å². The summed E-state index contributed by atoms with van der Waals surface area (Å²) in [7, 11) is 1.58. The van der Waals surface area contributed by atoms with Gasteiger partial charge >= 0.3 is 0 Å². The molecule has 0 spiro atoms. The lowest BCUT2D eigenvalue weighted by atomic mass is 10.2. The summed E-state index contributed by atoms with van der Waals surface area (Å²) in [5, 5.41) is 5.37. The van der Waals surface area contributed by atoms with Gasteiger partial charge in [0.15, 0.2) is 11.5 Å². The SMILES string of the molecule is C=CC(=O)NCCC(=O)NCc1ccc(OCc2ccccc2)c(OC)c1. The van der Waals surface area contributed by atoms with E-state index in [1.165, 1.54) is 6.08 Å². The highest BCUT2D eigenvalue weighted by Crippen LogP contribution is 2.28. The van der Waals surface area contributed by atoms with E-state index in [1.54, 1.807) is 7.11 Å². The van der Waals surface area contributed by atoms with E-state index in [4.69, 9.17) is 9.47 Å². The number of carbonyl (C=O) groups excluding carboxylic acids is 2. The average molecular weight is 368 g/mol. The Morgan fingerprint density at radius 3 is 2.52 bits per heavy atom. The highest BCUT2D eigenvalue weighted by Gasteiger charge is 2.08. The molecule has 0 fully saturated rings. The van der Waals surface area contributed by atoms with E-state index in [9.17, 15) is 9.59 Å². The quantitative estimate of drug-likeness (QED) is 0.632. The van der Waals surface area contributed by atoms with E-state index in [1.807, 2.05) is 48.5 Å². The van der Waals surface area contributed by atoms with Gasteiger partial charge in [0.1, 0.15) is 6.61 Å². The Kier molecular flexibility index (Phi) is 7.91. The van der Waals surface area contributed by atoms with Crippen molar-refractivity contribution < 1.29 is 19.1 Å². The van der Waals surface area contributed by atoms with Crippen molar-refractivity contribution in [3.8, 4) is 11.5 Å². The highest BCUT2D eigenvalue weighted by molar-refractivity contribution is 5.87. The third kappa shape index (κ3) is 6.86. The number of benzene rings is 2. The van der Waals surface area contributed by atoms with Gasteiger partial charge in [-0.25, -0.2) is 0 Å². The normalized spacial score (nSPS) is 9.96. The second-order valence-corrected chi connectivity index (χ2v) is 5.78. The summed E-state index contributed by atoms with van der Waals surface area (Å²) in [6.07, 6.45) is 1.38. The van der Waals surface area contributed by atoms with Crippen molar-refractivity contribution >= 4 is 11.8 Å². The van der Waals surface area contributed by atoms with Crippen molar-refractivity contribution in [1.29, 1.82) is 0 Å². The van der Waals surface area contributed by atoms with Crippen LogP contribution in [0.15, 0.2) is 61.2 Å². The van der Waals surface area contributed by atoms with Gasteiger partial charge in [0.2, 0.25) is 11.8 Å². The van der Waals surface area contributed by atoms with Crippen LogP contribution in [0.2, 0.25) is 0 Å². The van der Waals surface area contributed by atoms with Crippen molar-refractivity contribution in [3.05, 3.63) is 72.3 Å². The molecule has 0 atom stereocenters. The Morgan fingerprint density at radius 1 is 1.04 bits per heavy atom. The molecule has 2 aromatic rings. The summed E-state index contributed by atoms with van der Waals surface area (Å²) >= 11 is 0. The van der Waals surface area contributed by atoms with E-state index < -0.39 is 0 Å². The van der Waals surface area contributed by atoms with E-state index in [2.05, 4.69) is 17.2 Å². The summed E-state index contributed by atoms with van der Waals surface area (Å²) in [4.78, 5) is 22.9. The van der Waals surface area contributed by atoms with Crippen LogP contribution in [0.5, 0.6) is 11.5 Å². The number of amides is 2. The Bertz CT molecular complexity index is 775. The number of hydrogen-bond acceptors (Lipinski definition) is 4. The van der Waals surface area contributed by atoms with Crippen LogP contribution in [0, 0.1) is 0 Å². The third-order valence-electron chi connectivity index (χ3n) is 3.79. The van der Waals surface area contributed by atoms with Crippen LogP contribution >= 0.6 is 0 Å². The Labute approximate surface area is 159 Å². The molecule has 0 aromatic heterocycles. The molecule has 6 heteroatoms. The van der Waals surface area contributed by atoms with Gasteiger partial charge in [0, 0.05) is 19.5 Å². The minimum absolute atomic E-state index is 0.150. The molecule has 0 aliphatic carbocycles. The standard InChI is InChI=1S/C21H24N2O4/c1-3-20(24)22-12-11-21(25)23-14-17-9-10-18(19(13-17)26-2)27-15-16-7-5-4-6-8-16/h3-10,13H,1,11-12,14-15H2,2H3,(H,22,24)(H,23,25). The molecular formula is C21H24N2O4. The van der Waals surface area contributed by atoms with Crippen molar-refractivity contribution in [1.82, 2.24) is 10.6 Å². The van der Waals surface area contributed by atoms with E-state index in [-0.39, 0.29) is 24.8 Å². The van der Waals surface area contributed by atoms with Crippen molar-refractivity contribution in [2.24, 2.45) is 0 Å². The number of hydrogen-bond donors (Lipinski definition) is 2. The van der Waals surface area contributed by atoms with E-state index in [0.717, 1.165) is 11.1 Å². The topological polar surface area (TPSA) is 76.7 Å². The second-order valence-electron chi connectivity index (χ2n) is 5.78. The van der Waals surface area contributed by atoms with Crippen molar-refractivity contribution in [2.75, 3.05) is 13.7 Å². The lowest BCUT2D eigenvalue weighted by Gasteiger charge is -2.13. The summed E-state index contributed by atoms with van der Waals surface area (Å²) in [6.45, 7) is 4.44. The van der Waals surface area contributed by atoms with Crippen LogP contribution in [0.3, 0.4) is 0 Å². The van der Waals surface area contributed by atoms with Gasteiger partial charge in [0.25, 0.3) is 0 Å². The Morgan fingerprint density at radius 2 is 1.81 bits per heavy atom. The molecule has 0 unspecified atom stereocenters. The van der Waals surface area contributed by atoms with Gasteiger partial charge in [0.05, 0.1) is 7.11 Å². The van der Waals surface area contributed by atoms with Crippen LogP contribution in [0.25, 0.3) is 0 Å². The molecule has 0 saturated heterocycles. The predicted molar refractivity (Wildman–Crippen MR) is 103 cm³/mol. The first-order chi connectivity index (χ1) is 13.1. The molecule has 0 aliphatic rings. The van der Waals surface area contributed by atoms with E-state index >= 15 is 0 Å². The number of rotatable bonds is 10. The Hall–Kier alpha value is -3.28. The maximum Gasteiger partial charge on any atom is 0.243 e. The van der Waals surface area contributed by atoms with Crippen LogP contribution in [0.1, 0.15) is 17.5 Å². The average Bonchev–Trinajstić information content (AvgIpc) is 2.71. The minimum atomic E-state index is -0.293. The van der Waals surface area contributed by atoms with Gasteiger partial charge in [-0.3, -0.25) is 9.59 Å². The summed E-state index contributed by atoms with van der Waals surface area (Å²) in [6, 6.07) is 15.4. The fraction of sp³-hybridized carbons (Fsp3) is 0.238. The van der Waals surface area contributed by atoms with Gasteiger partial charge in [-0.05, 0) is 29.3 Å². The number of nitrogens with one attached hydrogen (secondary N) is 2. The first kappa shape index (κ1) is 20.0. The zero-order valence-corrected chi connectivity index (χ0v) is 15.4. The fourth-order valence-corrected chi connectivity index (χ4v) is 2.34. The summed E-state index contributed by atoms with van der Waals surface area (Å²) in [5.74, 6) is 0.806. The lowest BCUT2D eigenvalue weighted by molar-refractivity contribution is -0.121. The molecule has 0 saturated carbocycles. The number of methoxy groups -OCH3 is 1. The molecule has 2 N–H and O–H groups in total. The highest BCUT2D eigenvalue weighted by atomic mass is 16.5. The largest absolute Gasteiger partial charge is 0.493 e. The van der Waals surface area contributed by atoms with Gasteiger partial charge in [-0.2, -0.15) is 0 Å². The van der Waals surface area contributed by atoms with Crippen LogP contribution in [0.4, 0.5) is 0 Å². The maximum absolute atomic E-state index is 11.8. The second kappa shape index (κ2) is 10.7. The molecule has 0 radical (unpaired) electrons. The maximum atomic E-state index is 11.8. The first-order valence-corrected chi connectivity index (χ1v) is 8.63. The first-order valence-electron chi connectivity index (χ1n) is 8.63. The zero-order valence-electron chi connectivity index (χ0n) is 15.4. The van der Waals surface area contributed by atoms with Gasteiger partial charge < -0.3 is 20.1 Å². The number of ether oxygens (including phenoxy) is 2. The van der Waals surface area contributed by atoms with Crippen LogP contribution in [-0.2, 0) is 22.7 Å². The summed E-state index contributed by atoms with van der Waals surface area (Å²) in [5.41, 5.74) is 1.96. The monoisotopic (exact) mass is 368 g/mol. The molecule has 2 aromatic carbocycles. The molecule has 0 bridgehead atoms. The van der Waals surface area contributed by atoms with Gasteiger partial charge in [-0.15, -0.1) is 0 Å². The number of carbonyl (C=O) groups is 2. The zero-order chi connectivity index (χ0) is 19.5. The predicted octanol–water partition coefficient (Wildman–Crippen LogP) is 2.58. The molecule has 6 nitrogen and oxygen atoms in total. The minimum Gasteiger partial charge on any atom is -0.493 e. The van der Waals surface area contributed by atoms with Gasteiger partial charge in [-0.1, -0.05) is 43.0 Å². The van der Waals surface area contributed by atoms with Crippen molar-refractivity contribution in [3.63, 3.8) is 0 Å². The molecule has 0 heterocycles. The third-order valence-corrected chi connectivity index (χ3v) is 3.79. The summed E-state index contributed by atoms with van der Waals surface area (Å²) < 4.78 is 11.2. The molecule has 0 aliphatic heterocycles. The molecule has 27 heavy (non-hydrogen) atoms. The van der Waals surface area contributed by atoms with Crippen molar-refractivity contribution in [2.45, 2.75) is 19.6 Å². The molecule has 2 rings (SSSR count). The Balaban J connectivity index is 1.84. The molecular weight excluding hydrogens is 344 g/mol. The van der Waals surface area contributed by atoms with E-state index in [0.29, 0.717) is 24.7 Å². The fourth-order valence-electron chi connectivity index (χ4n) is 2.34. The molecule has 142 valence electrons. The van der Waals surface area contributed by atoms with Crippen LogP contribution < -0.4 is 20.1 Å². The molecule has 2 amide bonds.